The fourth-order valence-corrected chi connectivity index (χ4v) is 6.37. The van der Waals surface area contributed by atoms with E-state index >= 15 is 0 Å². The van der Waals surface area contributed by atoms with Crippen LogP contribution in [0.25, 0.3) is 5.76 Å². The monoisotopic (exact) mass is 595 g/mol. The van der Waals surface area contributed by atoms with Crippen LogP contribution in [0.2, 0.25) is 5.02 Å². The van der Waals surface area contributed by atoms with E-state index in [9.17, 15) is 19.1 Å². The zero-order valence-corrected chi connectivity index (χ0v) is 23.6. The smallest absolute Gasteiger partial charge is 0.301 e. The standard InChI is InChI=1S/C29H23ClFN3O4S2/c1-2-14-38-21-8-5-7-18(15-21)24-23(25(35)17-10-12-20(31)13-11-17)26(36)27(37)34(24)28-32-33-29(40-28)39-16-19-6-3-4-9-22(19)30/h3-13,15,24,35H,2,14,16H2,1H3/b25-23+. The Morgan fingerprint density at radius 2 is 1.88 bits per heavy atom. The number of halogens is 2. The molecule has 1 unspecified atom stereocenters. The molecule has 1 aliphatic rings. The van der Waals surface area contributed by atoms with E-state index in [0.29, 0.717) is 33.0 Å². The number of aliphatic hydroxyl groups is 1. The van der Waals surface area contributed by atoms with Crippen molar-refractivity contribution in [2.45, 2.75) is 29.5 Å². The molecule has 1 atom stereocenters. The Bertz CT molecular complexity index is 1590. The maximum atomic E-state index is 13.6. The Hall–Kier alpha value is -3.73. The van der Waals surface area contributed by atoms with Gasteiger partial charge in [-0.2, -0.15) is 0 Å². The van der Waals surface area contributed by atoms with Gasteiger partial charge in [0.25, 0.3) is 5.78 Å². The molecule has 3 aromatic carbocycles. The van der Waals surface area contributed by atoms with Gasteiger partial charge in [0.05, 0.1) is 18.2 Å². The number of anilines is 1. The zero-order valence-electron chi connectivity index (χ0n) is 21.2. The third kappa shape index (κ3) is 5.74. The number of amides is 1. The molecule has 1 saturated heterocycles. The minimum Gasteiger partial charge on any atom is -0.507 e. The minimum absolute atomic E-state index is 0.135. The highest BCUT2D eigenvalue weighted by Gasteiger charge is 2.48. The van der Waals surface area contributed by atoms with E-state index in [1.165, 1.54) is 40.9 Å². The molecular formula is C29H23ClFN3O4S2. The molecule has 2 heterocycles. The van der Waals surface area contributed by atoms with Crippen LogP contribution in [-0.4, -0.2) is 33.6 Å². The van der Waals surface area contributed by atoms with E-state index in [1.54, 1.807) is 24.3 Å². The number of Topliss-reactive ketones (excluding diaryl/α,β-unsaturated/α-hetero) is 1. The summed E-state index contributed by atoms with van der Waals surface area (Å²) in [6.07, 6.45) is 0.798. The lowest BCUT2D eigenvalue weighted by atomic mass is 9.95. The highest BCUT2D eigenvalue weighted by molar-refractivity contribution is 8.00. The molecule has 1 N–H and O–H groups in total. The molecular weight excluding hydrogens is 573 g/mol. The first kappa shape index (κ1) is 27.8. The number of benzene rings is 3. The average Bonchev–Trinajstić information content (AvgIpc) is 3.53. The highest BCUT2D eigenvalue weighted by Crippen LogP contribution is 2.44. The second-order valence-electron chi connectivity index (χ2n) is 8.83. The Morgan fingerprint density at radius 3 is 2.62 bits per heavy atom. The summed E-state index contributed by atoms with van der Waals surface area (Å²) in [5.41, 5.74) is 1.53. The molecule has 11 heteroatoms. The Morgan fingerprint density at radius 1 is 1.10 bits per heavy atom. The number of ether oxygens (including phenoxy) is 1. The predicted molar refractivity (Wildman–Crippen MR) is 154 cm³/mol. The van der Waals surface area contributed by atoms with Gasteiger partial charge in [0.2, 0.25) is 5.13 Å². The number of hydrogen-bond acceptors (Lipinski definition) is 8. The lowest BCUT2D eigenvalue weighted by molar-refractivity contribution is -0.132. The van der Waals surface area contributed by atoms with Gasteiger partial charge in [-0.3, -0.25) is 14.5 Å². The third-order valence-corrected chi connectivity index (χ3v) is 8.59. The summed E-state index contributed by atoms with van der Waals surface area (Å²) in [6.45, 7) is 2.47. The number of rotatable bonds is 9. The van der Waals surface area contributed by atoms with Crippen LogP contribution in [0.5, 0.6) is 5.75 Å². The first-order valence-electron chi connectivity index (χ1n) is 12.4. The van der Waals surface area contributed by atoms with Crippen LogP contribution in [-0.2, 0) is 15.3 Å². The number of aliphatic hydroxyl groups excluding tert-OH is 1. The van der Waals surface area contributed by atoms with Crippen molar-refractivity contribution in [3.63, 3.8) is 0 Å². The van der Waals surface area contributed by atoms with Crippen molar-refractivity contribution >= 4 is 57.3 Å². The van der Waals surface area contributed by atoms with Crippen molar-refractivity contribution in [2.24, 2.45) is 0 Å². The molecule has 0 saturated carbocycles. The van der Waals surface area contributed by atoms with Crippen LogP contribution in [0.4, 0.5) is 9.52 Å². The van der Waals surface area contributed by atoms with Crippen molar-refractivity contribution in [3.8, 4) is 5.75 Å². The van der Waals surface area contributed by atoms with Gasteiger partial charge in [0.1, 0.15) is 17.3 Å². The van der Waals surface area contributed by atoms with E-state index in [1.807, 2.05) is 31.2 Å². The lowest BCUT2D eigenvalue weighted by Crippen LogP contribution is -2.29. The number of carbonyl (C=O) groups is 2. The molecule has 40 heavy (non-hydrogen) atoms. The second kappa shape index (κ2) is 12.2. The van der Waals surface area contributed by atoms with Gasteiger partial charge in [-0.25, -0.2) is 4.39 Å². The summed E-state index contributed by atoms with van der Waals surface area (Å²) in [6, 6.07) is 18.5. The predicted octanol–water partition coefficient (Wildman–Crippen LogP) is 7.04. The maximum Gasteiger partial charge on any atom is 0.301 e. The van der Waals surface area contributed by atoms with Gasteiger partial charge >= 0.3 is 5.91 Å². The van der Waals surface area contributed by atoms with E-state index in [2.05, 4.69) is 10.2 Å². The zero-order chi connectivity index (χ0) is 28.2. The van der Waals surface area contributed by atoms with E-state index in [4.69, 9.17) is 16.3 Å². The Kier molecular flexibility index (Phi) is 8.49. The van der Waals surface area contributed by atoms with Gasteiger partial charge in [0.15, 0.2) is 4.34 Å². The SMILES string of the molecule is CCCOc1cccc(C2/C(=C(\O)c3ccc(F)cc3)C(=O)C(=O)N2c2nnc(SCc3ccccc3Cl)s2)c1. The molecule has 1 amide bonds. The minimum atomic E-state index is -1.01. The molecule has 5 rings (SSSR count). The van der Waals surface area contributed by atoms with E-state index in [-0.39, 0.29) is 16.3 Å². The number of hydrogen-bond donors (Lipinski definition) is 1. The topological polar surface area (TPSA) is 92.6 Å². The van der Waals surface area contributed by atoms with Crippen molar-refractivity contribution in [3.05, 3.63) is 106 Å². The molecule has 0 spiro atoms. The molecule has 7 nitrogen and oxygen atoms in total. The van der Waals surface area contributed by atoms with Crippen molar-refractivity contribution in [1.29, 1.82) is 0 Å². The summed E-state index contributed by atoms with van der Waals surface area (Å²) in [7, 11) is 0. The summed E-state index contributed by atoms with van der Waals surface area (Å²) >= 11 is 8.83. The van der Waals surface area contributed by atoms with Crippen molar-refractivity contribution in [2.75, 3.05) is 11.5 Å². The largest absolute Gasteiger partial charge is 0.507 e. The summed E-state index contributed by atoms with van der Waals surface area (Å²) in [5, 5.41) is 20.5. The van der Waals surface area contributed by atoms with E-state index < -0.39 is 29.3 Å². The maximum absolute atomic E-state index is 13.6. The second-order valence-corrected chi connectivity index (χ2v) is 11.4. The molecule has 0 bridgehead atoms. The number of carbonyl (C=O) groups excluding carboxylic acids is 2. The number of nitrogens with zero attached hydrogens (tertiary/aromatic N) is 3. The summed E-state index contributed by atoms with van der Waals surface area (Å²) in [5.74, 6) is -1.55. The molecule has 204 valence electrons. The lowest BCUT2D eigenvalue weighted by Gasteiger charge is -2.23. The van der Waals surface area contributed by atoms with Crippen LogP contribution in [0.15, 0.2) is 82.7 Å². The highest BCUT2D eigenvalue weighted by atomic mass is 35.5. The fraction of sp³-hybridized carbons (Fsp3) is 0.172. The fourth-order valence-electron chi connectivity index (χ4n) is 4.22. The molecule has 1 fully saturated rings. The molecule has 0 aliphatic carbocycles. The summed E-state index contributed by atoms with van der Waals surface area (Å²) < 4.78 is 19.9. The normalized spacial score (nSPS) is 16.5. The number of thioether (sulfide) groups is 1. The van der Waals surface area contributed by atoms with Gasteiger partial charge in [-0.05, 0) is 60.0 Å². The van der Waals surface area contributed by atoms with Crippen LogP contribution < -0.4 is 9.64 Å². The molecule has 0 radical (unpaired) electrons. The van der Waals surface area contributed by atoms with Crippen LogP contribution in [0.1, 0.15) is 36.1 Å². The van der Waals surface area contributed by atoms with Crippen LogP contribution in [0.3, 0.4) is 0 Å². The Balaban J connectivity index is 1.55. The Labute approximate surface area is 243 Å². The van der Waals surface area contributed by atoms with E-state index in [0.717, 1.165) is 23.3 Å². The van der Waals surface area contributed by atoms with Gasteiger partial charge in [-0.1, -0.05) is 72.0 Å². The summed E-state index contributed by atoms with van der Waals surface area (Å²) in [4.78, 5) is 28.1. The number of ketones is 1. The van der Waals surface area contributed by atoms with Gasteiger partial charge < -0.3 is 9.84 Å². The van der Waals surface area contributed by atoms with Crippen molar-refractivity contribution in [1.82, 2.24) is 10.2 Å². The quantitative estimate of drug-likeness (QED) is 0.0729. The molecule has 4 aromatic rings. The molecule has 1 aliphatic heterocycles. The first-order valence-corrected chi connectivity index (χ1v) is 14.5. The van der Waals surface area contributed by atoms with Gasteiger partial charge in [-0.15, -0.1) is 10.2 Å². The number of aromatic nitrogens is 2. The van der Waals surface area contributed by atoms with Crippen molar-refractivity contribution < 1.29 is 23.8 Å². The molecule has 1 aromatic heterocycles. The third-order valence-electron chi connectivity index (χ3n) is 6.12. The van der Waals surface area contributed by atoms with Gasteiger partial charge in [0, 0.05) is 16.3 Å². The van der Waals surface area contributed by atoms with Crippen LogP contribution in [0, 0.1) is 5.82 Å². The van der Waals surface area contributed by atoms with Crippen LogP contribution >= 0.6 is 34.7 Å². The first-order chi connectivity index (χ1) is 19.4. The average molecular weight is 596 g/mol.